The van der Waals surface area contributed by atoms with Gasteiger partial charge in [0.25, 0.3) is 5.91 Å². The fourth-order valence-electron chi connectivity index (χ4n) is 4.59. The van der Waals surface area contributed by atoms with Crippen LogP contribution in [0.25, 0.3) is 17.2 Å². The molecule has 7 nitrogen and oxygen atoms in total. The normalized spacial score (nSPS) is 15.9. The van der Waals surface area contributed by atoms with Crippen LogP contribution in [0.1, 0.15) is 52.8 Å². The van der Waals surface area contributed by atoms with E-state index in [1.54, 1.807) is 22.9 Å². The van der Waals surface area contributed by atoms with Crippen molar-refractivity contribution in [3.05, 3.63) is 77.1 Å². The largest absolute Gasteiger partial charge is 0.392 e. The zero-order valence-electron chi connectivity index (χ0n) is 19.7. The second kappa shape index (κ2) is 9.67. The summed E-state index contributed by atoms with van der Waals surface area (Å²) in [6.45, 7) is 2.26. The van der Waals surface area contributed by atoms with E-state index in [0.717, 1.165) is 11.1 Å². The first-order valence-electron chi connectivity index (χ1n) is 11.9. The maximum absolute atomic E-state index is 13.2. The van der Waals surface area contributed by atoms with Gasteiger partial charge >= 0.3 is 6.18 Å². The Kier molecular flexibility index (Phi) is 6.42. The molecule has 1 unspecified atom stereocenters. The minimum atomic E-state index is -4.20. The lowest BCUT2D eigenvalue weighted by molar-refractivity contribution is -0.175. The van der Waals surface area contributed by atoms with E-state index < -0.39 is 12.1 Å². The number of fused-ring (bicyclic) bond motifs is 2. The van der Waals surface area contributed by atoms with E-state index in [2.05, 4.69) is 25.3 Å². The Morgan fingerprint density at radius 3 is 2.72 bits per heavy atom. The third-order valence-corrected chi connectivity index (χ3v) is 6.54. The topological polar surface area (TPSA) is 85.1 Å². The number of nitrogens with zero attached hydrogens (tertiary/aromatic N) is 5. The van der Waals surface area contributed by atoms with Crippen LogP contribution in [0.4, 0.5) is 13.2 Å². The van der Waals surface area contributed by atoms with E-state index in [1.807, 2.05) is 31.2 Å². The van der Waals surface area contributed by atoms with Crippen molar-refractivity contribution < 1.29 is 18.0 Å². The lowest BCUT2D eigenvalue weighted by Crippen LogP contribution is -2.25. The van der Waals surface area contributed by atoms with Gasteiger partial charge < -0.3 is 5.32 Å². The Morgan fingerprint density at radius 2 is 1.97 bits per heavy atom. The molecular weight excluding hydrogens is 469 g/mol. The van der Waals surface area contributed by atoms with Gasteiger partial charge in [0.15, 0.2) is 5.82 Å². The minimum absolute atomic E-state index is 0.0694. The first kappa shape index (κ1) is 23.9. The number of halogens is 3. The summed E-state index contributed by atoms with van der Waals surface area (Å²) in [5.41, 5.74) is 4.08. The van der Waals surface area contributed by atoms with Gasteiger partial charge in [0.1, 0.15) is 5.69 Å². The van der Waals surface area contributed by atoms with Gasteiger partial charge in [-0.2, -0.15) is 13.2 Å². The number of alkyl halides is 3. The lowest BCUT2D eigenvalue weighted by atomic mass is 9.98. The number of nitrogens with one attached hydrogen (secondary N) is 1. The standard InChI is InChI=1S/C26H25F3N6O/c1-2-20-22(35-12-4-11-30-25(35)34-20)24(36)32-14-16-7-9-17(10-8-16)23-31-15-18-13-19(26(27,28)29)5-3-6-21(18)33-23/h4,7-12,15,19H,2-3,5-6,13-14H2,1H3,(H,32,36). The highest BCUT2D eigenvalue weighted by atomic mass is 19.4. The summed E-state index contributed by atoms with van der Waals surface area (Å²) in [7, 11) is 0. The van der Waals surface area contributed by atoms with Crippen LogP contribution in [0, 0.1) is 5.92 Å². The summed E-state index contributed by atoms with van der Waals surface area (Å²) in [4.78, 5) is 30.5. The molecule has 0 aliphatic heterocycles. The van der Waals surface area contributed by atoms with Crippen molar-refractivity contribution in [2.24, 2.45) is 5.92 Å². The molecule has 10 heteroatoms. The maximum Gasteiger partial charge on any atom is 0.392 e. The van der Waals surface area contributed by atoms with Crippen molar-refractivity contribution in [3.63, 3.8) is 0 Å². The van der Waals surface area contributed by atoms with Crippen LogP contribution in [0.2, 0.25) is 0 Å². The molecule has 186 valence electrons. The Labute approximate surface area is 205 Å². The summed E-state index contributed by atoms with van der Waals surface area (Å²) < 4.78 is 41.4. The summed E-state index contributed by atoms with van der Waals surface area (Å²) in [5.74, 6) is -0.602. The quantitative estimate of drug-likeness (QED) is 0.405. The molecule has 0 radical (unpaired) electrons. The molecule has 1 atom stereocenters. The molecule has 4 aromatic rings. The SMILES string of the molecule is CCc1nc2ncccn2c1C(=O)NCc1ccc(-c2ncc3c(n2)CCCC(C(F)(F)F)C3)cc1. The molecule has 1 N–H and O–H groups in total. The number of hydrogen-bond acceptors (Lipinski definition) is 5. The summed E-state index contributed by atoms with van der Waals surface area (Å²) in [5, 5.41) is 2.94. The van der Waals surface area contributed by atoms with Crippen LogP contribution in [-0.2, 0) is 25.8 Å². The highest BCUT2D eigenvalue weighted by Gasteiger charge is 2.40. The molecule has 3 aromatic heterocycles. The zero-order valence-corrected chi connectivity index (χ0v) is 19.7. The Balaban J connectivity index is 1.28. The monoisotopic (exact) mass is 494 g/mol. The molecule has 0 saturated carbocycles. The van der Waals surface area contributed by atoms with Crippen molar-refractivity contribution in [3.8, 4) is 11.4 Å². The van der Waals surface area contributed by atoms with Gasteiger partial charge in [-0.25, -0.2) is 19.9 Å². The van der Waals surface area contributed by atoms with Gasteiger partial charge in [0.2, 0.25) is 5.78 Å². The van der Waals surface area contributed by atoms with Crippen LogP contribution in [0.5, 0.6) is 0 Å². The molecular formula is C26H25F3N6O. The lowest BCUT2D eigenvalue weighted by Gasteiger charge is -2.18. The molecule has 5 rings (SSSR count). The van der Waals surface area contributed by atoms with Crippen molar-refractivity contribution in [1.29, 1.82) is 0 Å². The predicted molar refractivity (Wildman–Crippen MR) is 127 cm³/mol. The molecule has 0 fully saturated rings. The molecule has 0 spiro atoms. The summed E-state index contributed by atoms with van der Waals surface area (Å²) >= 11 is 0. The van der Waals surface area contributed by atoms with Gasteiger partial charge in [-0.05, 0) is 49.3 Å². The Hall–Kier alpha value is -3.82. The van der Waals surface area contributed by atoms with Crippen LogP contribution in [0.15, 0.2) is 48.9 Å². The van der Waals surface area contributed by atoms with E-state index in [-0.39, 0.29) is 18.7 Å². The van der Waals surface area contributed by atoms with Crippen molar-refractivity contribution in [2.45, 2.75) is 51.7 Å². The van der Waals surface area contributed by atoms with Crippen molar-refractivity contribution in [1.82, 2.24) is 29.7 Å². The average molecular weight is 495 g/mol. The van der Waals surface area contributed by atoms with E-state index in [4.69, 9.17) is 0 Å². The van der Waals surface area contributed by atoms with Gasteiger partial charge in [-0.15, -0.1) is 0 Å². The molecule has 1 aliphatic rings. The fraction of sp³-hybridized carbons (Fsp3) is 0.346. The molecule has 36 heavy (non-hydrogen) atoms. The van der Waals surface area contributed by atoms with Gasteiger partial charge in [-0.3, -0.25) is 9.20 Å². The number of benzene rings is 1. The van der Waals surface area contributed by atoms with E-state index in [1.165, 1.54) is 6.20 Å². The Morgan fingerprint density at radius 1 is 1.17 bits per heavy atom. The van der Waals surface area contributed by atoms with Gasteiger partial charge in [-0.1, -0.05) is 31.2 Å². The molecule has 1 amide bonds. The van der Waals surface area contributed by atoms with Crippen molar-refractivity contribution in [2.75, 3.05) is 0 Å². The molecule has 0 saturated heterocycles. The first-order valence-corrected chi connectivity index (χ1v) is 11.9. The van der Waals surface area contributed by atoms with E-state index >= 15 is 0 Å². The van der Waals surface area contributed by atoms with Crippen LogP contribution >= 0.6 is 0 Å². The molecule has 3 heterocycles. The second-order valence-corrected chi connectivity index (χ2v) is 8.93. The number of rotatable bonds is 5. The van der Waals surface area contributed by atoms with Crippen LogP contribution in [-0.4, -0.2) is 36.4 Å². The summed E-state index contributed by atoms with van der Waals surface area (Å²) in [6.07, 6.45) is 2.35. The summed E-state index contributed by atoms with van der Waals surface area (Å²) in [6, 6.07) is 9.22. The van der Waals surface area contributed by atoms with Gasteiger partial charge in [0, 0.05) is 36.4 Å². The minimum Gasteiger partial charge on any atom is -0.347 e. The number of aryl methyl sites for hydroxylation is 2. The van der Waals surface area contributed by atoms with Gasteiger partial charge in [0.05, 0.1) is 11.6 Å². The average Bonchev–Trinajstić information content (AvgIpc) is 3.11. The van der Waals surface area contributed by atoms with Crippen LogP contribution < -0.4 is 5.32 Å². The molecule has 1 aliphatic carbocycles. The smallest absolute Gasteiger partial charge is 0.347 e. The number of amides is 1. The highest BCUT2D eigenvalue weighted by Crippen LogP contribution is 2.36. The second-order valence-electron chi connectivity index (χ2n) is 8.93. The predicted octanol–water partition coefficient (Wildman–Crippen LogP) is 4.74. The number of hydrogen-bond donors (Lipinski definition) is 1. The highest BCUT2D eigenvalue weighted by molar-refractivity contribution is 5.94. The first-order chi connectivity index (χ1) is 17.3. The van der Waals surface area contributed by atoms with E-state index in [9.17, 15) is 18.0 Å². The number of carbonyl (C=O) groups is 1. The number of imidazole rings is 1. The van der Waals surface area contributed by atoms with Crippen molar-refractivity contribution >= 4 is 11.7 Å². The third-order valence-electron chi connectivity index (χ3n) is 6.54. The molecule has 1 aromatic carbocycles. The molecule has 0 bridgehead atoms. The third kappa shape index (κ3) is 4.80. The van der Waals surface area contributed by atoms with Crippen LogP contribution in [0.3, 0.4) is 0 Å². The maximum atomic E-state index is 13.2. The van der Waals surface area contributed by atoms with E-state index in [0.29, 0.717) is 60.1 Å². The zero-order chi connectivity index (χ0) is 25.3. The Bertz CT molecular complexity index is 1400. The fourth-order valence-corrected chi connectivity index (χ4v) is 4.59. The number of aromatic nitrogens is 5. The number of carbonyl (C=O) groups excluding carboxylic acids is 1.